The zero-order valence-corrected chi connectivity index (χ0v) is 10.6. The zero-order chi connectivity index (χ0) is 12.7. The van der Waals surface area contributed by atoms with Crippen molar-refractivity contribution in [3.8, 4) is 0 Å². The lowest BCUT2D eigenvalue weighted by molar-refractivity contribution is -0.140. The number of hydrogen-bond acceptors (Lipinski definition) is 3. The molecule has 1 amide bonds. The molecule has 1 atom stereocenters. The Morgan fingerprint density at radius 3 is 2.25 bits per heavy atom. The van der Waals surface area contributed by atoms with Gasteiger partial charge in [0.25, 0.3) is 0 Å². The summed E-state index contributed by atoms with van der Waals surface area (Å²) in [6.07, 6.45) is 1.61. The van der Waals surface area contributed by atoms with Crippen LogP contribution < -0.4 is 0 Å². The van der Waals surface area contributed by atoms with E-state index < -0.39 is 0 Å². The van der Waals surface area contributed by atoms with Crippen LogP contribution in [0.1, 0.15) is 39.5 Å². The molecule has 92 valence electrons. The van der Waals surface area contributed by atoms with E-state index in [1.807, 2.05) is 13.8 Å². The maximum Gasteiger partial charge on any atom is 0.222 e. The van der Waals surface area contributed by atoms with Gasteiger partial charge in [0.2, 0.25) is 5.91 Å². The molecule has 1 rings (SSSR count). The third-order valence-electron chi connectivity index (χ3n) is 2.53. The predicted octanol–water partition coefficient (Wildman–Crippen LogP) is 1.43. The summed E-state index contributed by atoms with van der Waals surface area (Å²) < 4.78 is 0. The van der Waals surface area contributed by atoms with E-state index in [0.29, 0.717) is 19.3 Å². The van der Waals surface area contributed by atoms with E-state index in [4.69, 9.17) is 0 Å². The van der Waals surface area contributed by atoms with Crippen LogP contribution in [-0.4, -0.2) is 36.5 Å². The third-order valence-corrected chi connectivity index (χ3v) is 2.53. The minimum Gasteiger partial charge on any atom is -0.349 e. The van der Waals surface area contributed by atoms with Gasteiger partial charge in [0.1, 0.15) is 0 Å². The van der Waals surface area contributed by atoms with Gasteiger partial charge in [0.15, 0.2) is 11.6 Å². The summed E-state index contributed by atoms with van der Waals surface area (Å²) >= 11 is 0. The zero-order valence-electron chi connectivity index (χ0n) is 10.6. The molecule has 0 aromatic rings. The fourth-order valence-corrected chi connectivity index (χ4v) is 1.56. The molecule has 0 aromatic heterocycles. The number of carbonyl (C=O) groups excluding carboxylic acids is 3. The minimum absolute atomic E-state index is 0.0251. The third kappa shape index (κ3) is 4.55. The van der Waals surface area contributed by atoms with Gasteiger partial charge in [-0.05, 0) is 12.3 Å². The topological polar surface area (TPSA) is 54.5 Å². The van der Waals surface area contributed by atoms with Gasteiger partial charge in [0, 0.05) is 33.4 Å². The Morgan fingerprint density at radius 2 is 1.81 bits per heavy atom. The first-order valence-electron chi connectivity index (χ1n) is 5.77. The lowest BCUT2D eigenvalue weighted by Crippen LogP contribution is -2.30. The van der Waals surface area contributed by atoms with E-state index >= 15 is 0 Å². The summed E-state index contributed by atoms with van der Waals surface area (Å²) in [7, 11) is 3.39. The molecule has 0 aromatic carbocycles. The molecule has 0 N–H and O–H groups in total. The van der Waals surface area contributed by atoms with Crippen LogP contribution in [0.25, 0.3) is 0 Å². The average molecular weight is 227 g/mol. The maximum absolute atomic E-state index is 11.3. The molecule has 0 heterocycles. The van der Waals surface area contributed by atoms with Crippen molar-refractivity contribution in [2.45, 2.75) is 39.5 Å². The summed E-state index contributed by atoms with van der Waals surface area (Å²) in [6.45, 7) is 4.00. The standard InChI is InChI=1S/C10H15NO3.C2H6/c1-11(2)10(14)6-7-3-4-8(12)9(13)5-7;1-2/h7H,3-6H2,1-2H3;1-2H3. The summed E-state index contributed by atoms with van der Waals surface area (Å²) in [5.74, 6) is -0.501. The maximum atomic E-state index is 11.3. The molecule has 0 radical (unpaired) electrons. The molecule has 1 aliphatic carbocycles. The molecule has 0 spiro atoms. The first kappa shape index (κ1) is 14.8. The van der Waals surface area contributed by atoms with E-state index in [0.717, 1.165) is 0 Å². The monoisotopic (exact) mass is 227 g/mol. The number of rotatable bonds is 2. The molecule has 0 aliphatic heterocycles. The Hall–Kier alpha value is -1.19. The highest BCUT2D eigenvalue weighted by atomic mass is 16.2. The van der Waals surface area contributed by atoms with Gasteiger partial charge in [-0.1, -0.05) is 13.8 Å². The van der Waals surface area contributed by atoms with Crippen LogP contribution >= 0.6 is 0 Å². The van der Waals surface area contributed by atoms with Crippen molar-refractivity contribution >= 4 is 17.5 Å². The summed E-state index contributed by atoms with van der Waals surface area (Å²) in [4.78, 5) is 34.8. The second-order valence-electron chi connectivity index (χ2n) is 3.95. The van der Waals surface area contributed by atoms with Crippen LogP contribution in [0.15, 0.2) is 0 Å². The highest BCUT2D eigenvalue weighted by Gasteiger charge is 2.27. The first-order chi connectivity index (χ1) is 7.50. The van der Waals surface area contributed by atoms with Gasteiger partial charge in [0.05, 0.1) is 0 Å². The van der Waals surface area contributed by atoms with E-state index in [2.05, 4.69) is 0 Å². The highest BCUT2D eigenvalue weighted by molar-refractivity contribution is 6.37. The van der Waals surface area contributed by atoms with Gasteiger partial charge in [-0.2, -0.15) is 0 Å². The molecule has 1 unspecified atom stereocenters. The molecule has 0 bridgehead atoms. The molecule has 4 heteroatoms. The minimum atomic E-state index is -0.312. The molecular weight excluding hydrogens is 206 g/mol. The number of Topliss-reactive ketones (excluding diaryl/α,β-unsaturated/α-hetero) is 2. The first-order valence-corrected chi connectivity index (χ1v) is 5.77. The van der Waals surface area contributed by atoms with Crippen molar-refractivity contribution in [2.75, 3.05) is 14.1 Å². The Morgan fingerprint density at radius 1 is 1.25 bits per heavy atom. The van der Waals surface area contributed by atoms with Crippen LogP contribution in [0.4, 0.5) is 0 Å². The average Bonchev–Trinajstić information content (AvgIpc) is 2.26. The molecule has 1 aliphatic rings. The van der Waals surface area contributed by atoms with Crippen LogP contribution in [0.5, 0.6) is 0 Å². The SMILES string of the molecule is CC.CN(C)C(=O)CC1CCC(=O)C(=O)C1. The Labute approximate surface area is 97.0 Å². The number of hydrogen-bond donors (Lipinski definition) is 0. The quantitative estimate of drug-likeness (QED) is 0.670. The molecule has 0 saturated heterocycles. The Bertz CT molecular complexity index is 271. The van der Waals surface area contributed by atoms with Crippen LogP contribution in [-0.2, 0) is 14.4 Å². The van der Waals surface area contributed by atoms with E-state index in [9.17, 15) is 14.4 Å². The highest BCUT2D eigenvalue weighted by Crippen LogP contribution is 2.22. The lowest BCUT2D eigenvalue weighted by Gasteiger charge is -2.20. The number of carbonyl (C=O) groups is 3. The second kappa shape index (κ2) is 7.14. The summed E-state index contributed by atoms with van der Waals surface area (Å²) in [5, 5.41) is 0. The van der Waals surface area contributed by atoms with Gasteiger partial charge in [-0.3, -0.25) is 14.4 Å². The smallest absolute Gasteiger partial charge is 0.222 e. The largest absolute Gasteiger partial charge is 0.349 e. The second-order valence-corrected chi connectivity index (χ2v) is 3.95. The predicted molar refractivity (Wildman–Crippen MR) is 62.0 cm³/mol. The van der Waals surface area contributed by atoms with Crippen molar-refractivity contribution in [3.05, 3.63) is 0 Å². The number of ketones is 2. The normalized spacial score (nSPS) is 19.9. The Kier molecular flexibility index (Phi) is 6.61. The van der Waals surface area contributed by atoms with Gasteiger partial charge in [-0.15, -0.1) is 0 Å². The molecule has 4 nitrogen and oxygen atoms in total. The molecule has 1 saturated carbocycles. The summed E-state index contributed by atoms with van der Waals surface area (Å²) in [5.41, 5.74) is 0. The molecular formula is C12H21NO3. The van der Waals surface area contributed by atoms with Crippen LogP contribution in [0, 0.1) is 5.92 Å². The number of amides is 1. The van der Waals surface area contributed by atoms with E-state index in [1.54, 1.807) is 14.1 Å². The van der Waals surface area contributed by atoms with Crippen molar-refractivity contribution < 1.29 is 14.4 Å². The van der Waals surface area contributed by atoms with Crippen molar-refractivity contribution in [1.82, 2.24) is 4.90 Å². The molecule has 16 heavy (non-hydrogen) atoms. The van der Waals surface area contributed by atoms with Gasteiger partial charge >= 0.3 is 0 Å². The van der Waals surface area contributed by atoms with Crippen LogP contribution in [0.3, 0.4) is 0 Å². The van der Waals surface area contributed by atoms with Crippen LogP contribution in [0.2, 0.25) is 0 Å². The molecule has 1 fully saturated rings. The van der Waals surface area contributed by atoms with Crippen molar-refractivity contribution in [1.29, 1.82) is 0 Å². The van der Waals surface area contributed by atoms with Gasteiger partial charge in [-0.25, -0.2) is 0 Å². The summed E-state index contributed by atoms with van der Waals surface area (Å²) in [6, 6.07) is 0. The van der Waals surface area contributed by atoms with E-state index in [1.165, 1.54) is 4.90 Å². The Balaban J connectivity index is 0.00000106. The fraction of sp³-hybridized carbons (Fsp3) is 0.750. The van der Waals surface area contributed by atoms with Gasteiger partial charge < -0.3 is 4.90 Å². The lowest BCUT2D eigenvalue weighted by atomic mass is 9.85. The fourth-order valence-electron chi connectivity index (χ4n) is 1.56. The van der Waals surface area contributed by atoms with Crippen molar-refractivity contribution in [3.63, 3.8) is 0 Å². The van der Waals surface area contributed by atoms with E-state index in [-0.39, 0.29) is 29.8 Å². The number of nitrogens with zero attached hydrogens (tertiary/aromatic N) is 1. The van der Waals surface area contributed by atoms with Crippen molar-refractivity contribution in [2.24, 2.45) is 5.92 Å².